The Kier molecular flexibility index (Phi) is 2.63. The second-order valence-electron chi connectivity index (χ2n) is 3.41. The summed E-state index contributed by atoms with van der Waals surface area (Å²) in [5.74, 6) is 0. The summed E-state index contributed by atoms with van der Waals surface area (Å²) in [5.41, 5.74) is 1.08. The molecule has 0 saturated carbocycles. The first-order valence-electron chi connectivity index (χ1n) is 4.87. The fraction of sp³-hybridized carbons (Fsp3) is 0.250. The average Bonchev–Trinajstić information content (AvgIpc) is 2.30. The summed E-state index contributed by atoms with van der Waals surface area (Å²) in [6, 6.07) is 9.99. The fourth-order valence-corrected chi connectivity index (χ4v) is 1.72. The molecule has 0 spiro atoms. The van der Waals surface area contributed by atoms with Crippen molar-refractivity contribution in [2.45, 2.75) is 18.9 Å². The predicted molar refractivity (Wildman–Crippen MR) is 57.1 cm³/mol. The Balaban J connectivity index is 2.27. The van der Waals surface area contributed by atoms with Crippen molar-refractivity contribution in [1.82, 2.24) is 0 Å². The molecule has 72 valence electrons. The average molecular weight is 187 g/mol. The van der Waals surface area contributed by atoms with Crippen LogP contribution in [0.1, 0.15) is 12.8 Å². The number of hydrogen-bond acceptors (Lipinski definition) is 2. The van der Waals surface area contributed by atoms with Crippen LogP contribution in [-0.2, 0) is 4.79 Å². The van der Waals surface area contributed by atoms with E-state index in [9.17, 15) is 4.79 Å². The number of carbonyl (C=O) groups excluding carboxylic acids is 1. The van der Waals surface area contributed by atoms with E-state index in [2.05, 4.69) is 6.08 Å². The van der Waals surface area contributed by atoms with E-state index >= 15 is 0 Å². The quantitative estimate of drug-likeness (QED) is 0.662. The van der Waals surface area contributed by atoms with Crippen molar-refractivity contribution in [2.24, 2.45) is 0 Å². The molecule has 2 nitrogen and oxygen atoms in total. The summed E-state index contributed by atoms with van der Waals surface area (Å²) < 4.78 is 0. The third kappa shape index (κ3) is 1.69. The highest BCUT2D eigenvalue weighted by atomic mass is 16.1. The number of nitrogens with zero attached hydrogens (tertiary/aromatic N) is 1. The molecule has 0 aliphatic carbocycles. The minimum Gasteiger partial charge on any atom is -0.338 e. The first-order chi connectivity index (χ1) is 6.92. The maximum Gasteiger partial charge on any atom is 0.142 e. The minimum atomic E-state index is 0.00222. The second kappa shape index (κ2) is 4.09. The first kappa shape index (κ1) is 9.00. The molecule has 2 rings (SSSR count). The molecule has 1 aromatic rings. The third-order valence-electron chi connectivity index (χ3n) is 2.46. The number of para-hydroxylation sites is 1. The predicted octanol–water partition coefficient (Wildman–Crippen LogP) is 2.37. The van der Waals surface area contributed by atoms with Crippen molar-refractivity contribution < 1.29 is 4.79 Å². The van der Waals surface area contributed by atoms with Gasteiger partial charge >= 0.3 is 0 Å². The number of hydrogen-bond donors (Lipinski definition) is 0. The zero-order chi connectivity index (χ0) is 9.80. The summed E-state index contributed by atoms with van der Waals surface area (Å²) in [5, 5.41) is 0. The highest BCUT2D eigenvalue weighted by Gasteiger charge is 2.17. The summed E-state index contributed by atoms with van der Waals surface area (Å²) in [4.78, 5) is 12.9. The zero-order valence-corrected chi connectivity index (χ0v) is 7.97. The van der Waals surface area contributed by atoms with Gasteiger partial charge < -0.3 is 9.69 Å². The lowest BCUT2D eigenvalue weighted by atomic mass is 10.1. The summed E-state index contributed by atoms with van der Waals surface area (Å²) in [6.07, 6.45) is 7.03. The van der Waals surface area contributed by atoms with Crippen LogP contribution in [0, 0.1) is 0 Å². The van der Waals surface area contributed by atoms with E-state index in [1.165, 1.54) is 0 Å². The van der Waals surface area contributed by atoms with Gasteiger partial charge in [-0.15, -0.1) is 0 Å². The highest BCUT2D eigenvalue weighted by Crippen LogP contribution is 2.21. The molecule has 2 heteroatoms. The number of aldehydes is 1. The van der Waals surface area contributed by atoms with Crippen LogP contribution in [0.15, 0.2) is 42.6 Å². The van der Waals surface area contributed by atoms with Crippen LogP contribution < -0.4 is 4.90 Å². The van der Waals surface area contributed by atoms with Gasteiger partial charge in [-0.2, -0.15) is 0 Å². The normalized spacial score (nSPS) is 20.9. The topological polar surface area (TPSA) is 20.3 Å². The Morgan fingerprint density at radius 3 is 2.79 bits per heavy atom. The van der Waals surface area contributed by atoms with Crippen molar-refractivity contribution in [3.05, 3.63) is 42.6 Å². The maximum absolute atomic E-state index is 10.9. The van der Waals surface area contributed by atoms with Crippen LogP contribution in [0.4, 0.5) is 5.69 Å². The number of allylic oxidation sites excluding steroid dienone is 1. The monoisotopic (exact) mass is 187 g/mol. The van der Waals surface area contributed by atoms with Gasteiger partial charge in [-0.25, -0.2) is 0 Å². The van der Waals surface area contributed by atoms with Crippen LogP contribution in [0.3, 0.4) is 0 Å². The summed E-state index contributed by atoms with van der Waals surface area (Å²) >= 11 is 0. The molecule has 1 aliphatic rings. The van der Waals surface area contributed by atoms with Crippen molar-refractivity contribution in [3.8, 4) is 0 Å². The van der Waals surface area contributed by atoms with Gasteiger partial charge in [0.05, 0.1) is 6.04 Å². The van der Waals surface area contributed by atoms with Gasteiger partial charge in [-0.1, -0.05) is 24.3 Å². The van der Waals surface area contributed by atoms with Gasteiger partial charge in [0.25, 0.3) is 0 Å². The molecule has 1 atom stereocenters. The smallest absolute Gasteiger partial charge is 0.142 e. The summed E-state index contributed by atoms with van der Waals surface area (Å²) in [6.45, 7) is 0. The molecule has 1 unspecified atom stereocenters. The number of rotatable bonds is 2. The zero-order valence-electron chi connectivity index (χ0n) is 7.97. The molecule has 1 aliphatic heterocycles. The van der Waals surface area contributed by atoms with E-state index in [4.69, 9.17) is 0 Å². The van der Waals surface area contributed by atoms with Crippen LogP contribution >= 0.6 is 0 Å². The van der Waals surface area contributed by atoms with E-state index in [0.29, 0.717) is 0 Å². The lowest BCUT2D eigenvalue weighted by Crippen LogP contribution is -2.33. The highest BCUT2D eigenvalue weighted by molar-refractivity contribution is 5.68. The number of benzene rings is 1. The number of anilines is 1. The Bertz CT molecular complexity index is 331. The maximum atomic E-state index is 10.9. The van der Waals surface area contributed by atoms with Crippen molar-refractivity contribution in [3.63, 3.8) is 0 Å². The van der Waals surface area contributed by atoms with Gasteiger partial charge in [0, 0.05) is 11.9 Å². The molecule has 0 amide bonds. The van der Waals surface area contributed by atoms with Crippen LogP contribution in [0.2, 0.25) is 0 Å². The molecule has 1 aromatic carbocycles. The van der Waals surface area contributed by atoms with Crippen LogP contribution in [-0.4, -0.2) is 12.3 Å². The Labute approximate surface area is 83.8 Å². The van der Waals surface area contributed by atoms with Gasteiger partial charge in [-0.3, -0.25) is 0 Å². The molecule has 0 aromatic heterocycles. The molecule has 14 heavy (non-hydrogen) atoms. The van der Waals surface area contributed by atoms with Gasteiger partial charge in [0.15, 0.2) is 0 Å². The van der Waals surface area contributed by atoms with E-state index in [-0.39, 0.29) is 6.04 Å². The molecule has 0 fully saturated rings. The van der Waals surface area contributed by atoms with E-state index < -0.39 is 0 Å². The lowest BCUT2D eigenvalue weighted by Gasteiger charge is -2.29. The number of carbonyl (C=O) groups is 1. The molecular formula is C12H13NO. The largest absolute Gasteiger partial charge is 0.338 e. The molecule has 0 saturated heterocycles. The molecule has 0 bridgehead atoms. The fourth-order valence-electron chi connectivity index (χ4n) is 1.72. The molecule has 0 radical (unpaired) electrons. The Morgan fingerprint density at radius 2 is 2.07 bits per heavy atom. The molecule has 1 heterocycles. The lowest BCUT2D eigenvalue weighted by molar-refractivity contribution is -0.109. The van der Waals surface area contributed by atoms with Crippen molar-refractivity contribution in [1.29, 1.82) is 0 Å². The van der Waals surface area contributed by atoms with Gasteiger partial charge in [0.1, 0.15) is 6.29 Å². The van der Waals surface area contributed by atoms with Crippen LogP contribution in [0.5, 0.6) is 0 Å². The molecule has 0 N–H and O–H groups in total. The first-order valence-corrected chi connectivity index (χ1v) is 4.87. The third-order valence-corrected chi connectivity index (χ3v) is 2.46. The second-order valence-corrected chi connectivity index (χ2v) is 3.41. The Hall–Kier alpha value is -1.57. The van der Waals surface area contributed by atoms with Crippen LogP contribution in [0.25, 0.3) is 0 Å². The standard InChI is InChI=1S/C12H13NO/c14-10-12-8-4-5-9-13(12)11-6-2-1-3-7-11/h1-3,5-7,9-10,12H,4,8H2. The minimum absolute atomic E-state index is 0.00222. The van der Waals surface area contributed by atoms with Crippen molar-refractivity contribution in [2.75, 3.05) is 4.90 Å². The van der Waals surface area contributed by atoms with Gasteiger partial charge in [-0.05, 0) is 25.0 Å². The Morgan fingerprint density at radius 1 is 1.29 bits per heavy atom. The van der Waals surface area contributed by atoms with E-state index in [1.807, 2.05) is 41.4 Å². The SMILES string of the molecule is O=CC1CCC=CN1c1ccccc1. The van der Waals surface area contributed by atoms with Gasteiger partial charge in [0.2, 0.25) is 0 Å². The molecular weight excluding hydrogens is 174 g/mol. The van der Waals surface area contributed by atoms with E-state index in [1.54, 1.807) is 0 Å². The van der Waals surface area contributed by atoms with E-state index in [0.717, 1.165) is 24.8 Å². The van der Waals surface area contributed by atoms with Crippen molar-refractivity contribution >= 4 is 12.0 Å². The summed E-state index contributed by atoms with van der Waals surface area (Å²) in [7, 11) is 0.